The van der Waals surface area contributed by atoms with Crippen LogP contribution in [-0.2, 0) is 19.0 Å². The number of carbonyl (C=O) groups is 2. The summed E-state index contributed by atoms with van der Waals surface area (Å²) in [6.07, 6.45) is -0.417. The Morgan fingerprint density at radius 1 is 1.43 bits per heavy atom. The molecule has 5 nitrogen and oxygen atoms in total. The van der Waals surface area contributed by atoms with Crippen molar-refractivity contribution in [3.8, 4) is 0 Å². The fourth-order valence-electron chi connectivity index (χ4n) is 0.603. The molecule has 1 atom stereocenters. The van der Waals surface area contributed by atoms with Gasteiger partial charge >= 0.3 is 12.1 Å². The van der Waals surface area contributed by atoms with Gasteiger partial charge in [0.15, 0.2) is 6.10 Å². The highest BCUT2D eigenvalue weighted by molar-refractivity contribution is 5.77. The first-order chi connectivity index (χ1) is 6.61. The fraction of sp³-hybridized carbons (Fsp3) is 0.556. The minimum atomic E-state index is -0.964. The Bertz CT molecular complexity index is 211. The third kappa shape index (κ3) is 5.18. The van der Waals surface area contributed by atoms with Crippen LogP contribution in [0.3, 0.4) is 0 Å². The minimum Gasteiger partial charge on any atom is -0.459 e. The van der Waals surface area contributed by atoms with Gasteiger partial charge in [-0.3, -0.25) is 0 Å². The molecule has 0 amide bonds. The monoisotopic (exact) mass is 202 g/mol. The lowest BCUT2D eigenvalue weighted by atomic mass is 10.4. The highest BCUT2D eigenvalue weighted by atomic mass is 16.7. The highest BCUT2D eigenvalue weighted by Gasteiger charge is 2.19. The first-order valence-electron chi connectivity index (χ1n) is 4.22. The van der Waals surface area contributed by atoms with E-state index in [2.05, 4.69) is 20.8 Å². The molecular formula is C9H14O5. The van der Waals surface area contributed by atoms with Crippen LogP contribution in [0.5, 0.6) is 0 Å². The zero-order valence-electron chi connectivity index (χ0n) is 8.32. The van der Waals surface area contributed by atoms with Gasteiger partial charge in [-0.25, -0.2) is 9.59 Å². The van der Waals surface area contributed by atoms with Crippen molar-refractivity contribution in [2.24, 2.45) is 0 Å². The topological polar surface area (TPSA) is 61.8 Å². The first-order valence-corrected chi connectivity index (χ1v) is 4.22. The number of esters is 1. The van der Waals surface area contributed by atoms with E-state index >= 15 is 0 Å². The van der Waals surface area contributed by atoms with Crippen molar-refractivity contribution in [2.75, 3.05) is 13.2 Å². The summed E-state index contributed by atoms with van der Waals surface area (Å²) in [4.78, 5) is 21.8. The molecule has 0 aliphatic carbocycles. The van der Waals surface area contributed by atoms with Crippen LogP contribution in [-0.4, -0.2) is 31.4 Å². The van der Waals surface area contributed by atoms with Gasteiger partial charge in [0, 0.05) is 0 Å². The van der Waals surface area contributed by atoms with Gasteiger partial charge in [0.25, 0.3) is 0 Å². The summed E-state index contributed by atoms with van der Waals surface area (Å²) >= 11 is 0. The van der Waals surface area contributed by atoms with E-state index < -0.39 is 18.2 Å². The standard InChI is InChI=1S/C9H14O5/c1-4-6-13-8(10)7(3)14-9(11)12-5-2/h4,7H,1,5-6H2,2-3H3. The SMILES string of the molecule is C=CCOC(=O)C(C)OC(=O)OCC. The van der Waals surface area contributed by atoms with E-state index in [1.54, 1.807) is 6.92 Å². The molecule has 0 saturated heterocycles. The average Bonchev–Trinajstić information content (AvgIpc) is 2.14. The van der Waals surface area contributed by atoms with E-state index in [1.807, 2.05) is 0 Å². The Morgan fingerprint density at radius 2 is 2.07 bits per heavy atom. The summed E-state index contributed by atoms with van der Waals surface area (Å²) in [5.74, 6) is -0.627. The number of hydrogen-bond donors (Lipinski definition) is 0. The predicted octanol–water partition coefficient (Wildman–Crippen LogP) is 1.28. The van der Waals surface area contributed by atoms with Gasteiger partial charge in [-0.1, -0.05) is 12.7 Å². The van der Waals surface area contributed by atoms with Crippen LogP contribution in [0.15, 0.2) is 12.7 Å². The van der Waals surface area contributed by atoms with Crippen molar-refractivity contribution in [1.29, 1.82) is 0 Å². The number of hydrogen-bond acceptors (Lipinski definition) is 5. The highest BCUT2D eigenvalue weighted by Crippen LogP contribution is 1.97. The van der Waals surface area contributed by atoms with Gasteiger partial charge in [0.1, 0.15) is 6.61 Å². The molecule has 0 aromatic carbocycles. The van der Waals surface area contributed by atoms with Crippen molar-refractivity contribution in [1.82, 2.24) is 0 Å². The average molecular weight is 202 g/mol. The van der Waals surface area contributed by atoms with Crippen LogP contribution in [0, 0.1) is 0 Å². The van der Waals surface area contributed by atoms with Crippen LogP contribution >= 0.6 is 0 Å². The molecule has 0 saturated carbocycles. The van der Waals surface area contributed by atoms with E-state index in [-0.39, 0.29) is 13.2 Å². The molecule has 0 radical (unpaired) electrons. The molecular weight excluding hydrogens is 188 g/mol. The summed E-state index contributed by atoms with van der Waals surface area (Å²) in [6, 6.07) is 0. The lowest BCUT2D eigenvalue weighted by Gasteiger charge is -2.10. The maximum atomic E-state index is 11.0. The molecule has 0 bridgehead atoms. The number of ether oxygens (including phenoxy) is 3. The number of rotatable bonds is 5. The zero-order chi connectivity index (χ0) is 11.0. The van der Waals surface area contributed by atoms with Crippen LogP contribution in [0.2, 0.25) is 0 Å². The first kappa shape index (κ1) is 12.5. The van der Waals surface area contributed by atoms with Crippen molar-refractivity contribution in [3.63, 3.8) is 0 Å². The molecule has 5 heteroatoms. The zero-order valence-corrected chi connectivity index (χ0v) is 8.32. The van der Waals surface area contributed by atoms with Gasteiger partial charge < -0.3 is 14.2 Å². The molecule has 80 valence electrons. The Kier molecular flexibility index (Phi) is 6.19. The molecule has 0 rings (SSSR count). The van der Waals surface area contributed by atoms with E-state index in [0.717, 1.165) is 0 Å². The molecule has 0 aromatic heterocycles. The van der Waals surface area contributed by atoms with Gasteiger partial charge in [-0.05, 0) is 13.8 Å². The van der Waals surface area contributed by atoms with Gasteiger partial charge in [-0.15, -0.1) is 0 Å². The van der Waals surface area contributed by atoms with E-state index in [0.29, 0.717) is 0 Å². The van der Waals surface area contributed by atoms with Crippen LogP contribution in [0.4, 0.5) is 4.79 Å². The largest absolute Gasteiger partial charge is 0.509 e. The van der Waals surface area contributed by atoms with Crippen LogP contribution < -0.4 is 0 Å². The van der Waals surface area contributed by atoms with E-state index in [1.165, 1.54) is 13.0 Å². The van der Waals surface area contributed by atoms with Crippen LogP contribution in [0.1, 0.15) is 13.8 Å². The molecule has 0 N–H and O–H groups in total. The third-order valence-corrected chi connectivity index (χ3v) is 1.21. The second-order valence-electron chi connectivity index (χ2n) is 2.36. The molecule has 0 aliphatic heterocycles. The van der Waals surface area contributed by atoms with Crippen molar-refractivity contribution >= 4 is 12.1 Å². The molecule has 0 spiro atoms. The molecule has 0 aliphatic rings. The molecule has 0 aromatic rings. The van der Waals surface area contributed by atoms with Gasteiger partial charge in [0.2, 0.25) is 0 Å². The number of carbonyl (C=O) groups excluding carboxylic acids is 2. The summed E-state index contributed by atoms with van der Waals surface area (Å²) in [7, 11) is 0. The van der Waals surface area contributed by atoms with E-state index in [4.69, 9.17) is 0 Å². The van der Waals surface area contributed by atoms with Gasteiger partial charge in [0.05, 0.1) is 6.61 Å². The van der Waals surface area contributed by atoms with Crippen molar-refractivity contribution in [3.05, 3.63) is 12.7 Å². The van der Waals surface area contributed by atoms with Crippen molar-refractivity contribution in [2.45, 2.75) is 20.0 Å². The Labute approximate surface area is 82.6 Å². The lowest BCUT2D eigenvalue weighted by Crippen LogP contribution is -2.26. The second kappa shape index (κ2) is 6.94. The summed E-state index contributed by atoms with van der Waals surface area (Å²) in [5.41, 5.74) is 0. The molecule has 0 fully saturated rings. The lowest BCUT2D eigenvalue weighted by molar-refractivity contribution is -0.152. The quantitative estimate of drug-likeness (QED) is 0.496. The smallest absolute Gasteiger partial charge is 0.459 e. The Morgan fingerprint density at radius 3 is 2.57 bits per heavy atom. The summed E-state index contributed by atoms with van der Waals surface area (Å²) < 4.78 is 13.7. The Hall–Kier alpha value is -1.52. The molecule has 14 heavy (non-hydrogen) atoms. The minimum absolute atomic E-state index is 0.0926. The Balaban J connectivity index is 3.82. The molecule has 1 unspecified atom stereocenters. The maximum Gasteiger partial charge on any atom is 0.509 e. The fourth-order valence-corrected chi connectivity index (χ4v) is 0.603. The van der Waals surface area contributed by atoms with E-state index in [9.17, 15) is 9.59 Å². The summed E-state index contributed by atoms with van der Waals surface area (Å²) in [6.45, 7) is 6.71. The predicted molar refractivity (Wildman–Crippen MR) is 48.7 cm³/mol. The normalized spacial score (nSPS) is 11.3. The summed E-state index contributed by atoms with van der Waals surface area (Å²) in [5, 5.41) is 0. The third-order valence-electron chi connectivity index (χ3n) is 1.21. The molecule has 0 heterocycles. The van der Waals surface area contributed by atoms with Crippen molar-refractivity contribution < 1.29 is 23.8 Å². The van der Waals surface area contributed by atoms with Gasteiger partial charge in [-0.2, -0.15) is 0 Å². The second-order valence-corrected chi connectivity index (χ2v) is 2.36. The maximum absolute atomic E-state index is 11.0. The van der Waals surface area contributed by atoms with Crippen LogP contribution in [0.25, 0.3) is 0 Å².